The zero-order chi connectivity index (χ0) is 29.4. The van der Waals surface area contributed by atoms with Crippen molar-refractivity contribution in [3.05, 3.63) is 95.3 Å². The second-order valence-corrected chi connectivity index (χ2v) is 12.2. The standard InChI is InChI=1S/C31H38FN3O4S/c1-6-28(31(37)33-19-22(2)3)34(20-25-13-15-26(32)16-14-25)30(36)21-35(29-10-8-7-9-24(29)5)40(38,39)27-17-11-23(4)12-18-27/h7-18,22,28H,6,19-21H2,1-5H3,(H,33,37). The van der Waals surface area contributed by atoms with Crippen LogP contribution in [0.4, 0.5) is 10.1 Å². The van der Waals surface area contributed by atoms with Crippen LogP contribution >= 0.6 is 0 Å². The van der Waals surface area contributed by atoms with Gasteiger partial charge in [0.05, 0.1) is 10.6 Å². The molecule has 3 aromatic carbocycles. The van der Waals surface area contributed by atoms with Crippen LogP contribution in [0.5, 0.6) is 0 Å². The fourth-order valence-electron chi connectivity index (χ4n) is 4.32. The Kier molecular flexibility index (Phi) is 10.5. The summed E-state index contributed by atoms with van der Waals surface area (Å²) in [6.07, 6.45) is 0.311. The number of carbonyl (C=O) groups excluding carboxylic acids is 2. The third-order valence-corrected chi connectivity index (χ3v) is 8.38. The molecule has 214 valence electrons. The molecule has 0 heterocycles. The minimum Gasteiger partial charge on any atom is -0.354 e. The Hall–Kier alpha value is -3.72. The number of hydrogen-bond acceptors (Lipinski definition) is 4. The van der Waals surface area contributed by atoms with E-state index in [1.807, 2.05) is 20.8 Å². The molecule has 1 N–H and O–H groups in total. The molecule has 0 aliphatic rings. The number of amides is 2. The van der Waals surface area contributed by atoms with Crippen molar-refractivity contribution in [1.29, 1.82) is 0 Å². The SMILES string of the molecule is CCC(C(=O)NCC(C)C)N(Cc1ccc(F)cc1)C(=O)CN(c1ccccc1C)S(=O)(=O)c1ccc(C)cc1. The van der Waals surface area contributed by atoms with E-state index in [0.717, 1.165) is 9.87 Å². The lowest BCUT2D eigenvalue weighted by Gasteiger charge is -2.33. The number of benzene rings is 3. The summed E-state index contributed by atoms with van der Waals surface area (Å²) < 4.78 is 42.6. The van der Waals surface area contributed by atoms with Crippen molar-refractivity contribution in [2.24, 2.45) is 5.92 Å². The van der Waals surface area contributed by atoms with Gasteiger partial charge < -0.3 is 10.2 Å². The highest BCUT2D eigenvalue weighted by Crippen LogP contribution is 2.27. The summed E-state index contributed by atoms with van der Waals surface area (Å²) in [6, 6.07) is 18.2. The third kappa shape index (κ3) is 7.69. The Labute approximate surface area is 237 Å². The summed E-state index contributed by atoms with van der Waals surface area (Å²) in [5, 5.41) is 2.89. The molecule has 0 saturated carbocycles. The molecule has 2 amide bonds. The van der Waals surface area contributed by atoms with E-state index in [1.165, 1.54) is 29.2 Å². The summed E-state index contributed by atoms with van der Waals surface area (Å²) in [7, 11) is -4.14. The molecular formula is C31H38FN3O4S. The highest BCUT2D eigenvalue weighted by Gasteiger charge is 2.34. The van der Waals surface area contributed by atoms with Crippen molar-refractivity contribution >= 4 is 27.5 Å². The van der Waals surface area contributed by atoms with Crippen LogP contribution in [0.1, 0.15) is 43.9 Å². The van der Waals surface area contributed by atoms with Crippen LogP contribution in [0, 0.1) is 25.6 Å². The first-order valence-electron chi connectivity index (χ1n) is 13.4. The first kappa shape index (κ1) is 30.8. The van der Waals surface area contributed by atoms with Crippen LogP contribution in [0.15, 0.2) is 77.7 Å². The summed E-state index contributed by atoms with van der Waals surface area (Å²) >= 11 is 0. The predicted molar refractivity (Wildman–Crippen MR) is 156 cm³/mol. The number of anilines is 1. The molecular weight excluding hydrogens is 529 g/mol. The van der Waals surface area contributed by atoms with E-state index in [2.05, 4.69) is 5.32 Å². The van der Waals surface area contributed by atoms with E-state index in [9.17, 15) is 22.4 Å². The number of sulfonamides is 1. The maximum atomic E-state index is 14.1. The van der Waals surface area contributed by atoms with E-state index in [4.69, 9.17) is 0 Å². The third-order valence-electron chi connectivity index (χ3n) is 6.61. The smallest absolute Gasteiger partial charge is 0.264 e. The molecule has 40 heavy (non-hydrogen) atoms. The predicted octanol–water partition coefficient (Wildman–Crippen LogP) is 5.22. The van der Waals surface area contributed by atoms with Gasteiger partial charge in [0.15, 0.2) is 0 Å². The van der Waals surface area contributed by atoms with Gasteiger partial charge in [-0.25, -0.2) is 12.8 Å². The molecule has 0 saturated heterocycles. The molecule has 7 nitrogen and oxygen atoms in total. The maximum absolute atomic E-state index is 14.1. The van der Waals surface area contributed by atoms with E-state index < -0.39 is 34.3 Å². The van der Waals surface area contributed by atoms with Crippen molar-refractivity contribution in [2.75, 3.05) is 17.4 Å². The Morgan fingerprint density at radius 3 is 2.12 bits per heavy atom. The molecule has 0 radical (unpaired) electrons. The lowest BCUT2D eigenvalue weighted by atomic mass is 10.1. The first-order valence-corrected chi connectivity index (χ1v) is 14.8. The van der Waals surface area contributed by atoms with Gasteiger partial charge in [-0.2, -0.15) is 0 Å². The van der Waals surface area contributed by atoms with Crippen molar-refractivity contribution in [2.45, 2.75) is 58.5 Å². The molecule has 0 spiro atoms. The van der Waals surface area contributed by atoms with Gasteiger partial charge in [-0.15, -0.1) is 0 Å². The fourth-order valence-corrected chi connectivity index (χ4v) is 5.80. The van der Waals surface area contributed by atoms with Crippen LogP contribution in [0.3, 0.4) is 0 Å². The van der Waals surface area contributed by atoms with E-state index in [-0.39, 0.29) is 23.3 Å². The Bertz CT molecular complexity index is 1410. The summed E-state index contributed by atoms with van der Waals surface area (Å²) in [6.45, 7) is 9.31. The van der Waals surface area contributed by atoms with Crippen LogP contribution in [-0.2, 0) is 26.2 Å². The quantitative estimate of drug-likeness (QED) is 0.325. The second-order valence-electron chi connectivity index (χ2n) is 10.3. The first-order chi connectivity index (χ1) is 18.9. The molecule has 3 aromatic rings. The topological polar surface area (TPSA) is 86.8 Å². The zero-order valence-corrected chi connectivity index (χ0v) is 24.5. The van der Waals surface area contributed by atoms with Crippen LogP contribution < -0.4 is 9.62 Å². The lowest BCUT2D eigenvalue weighted by Crippen LogP contribution is -2.52. The number of halogens is 1. The van der Waals surface area contributed by atoms with Gasteiger partial charge in [0, 0.05) is 13.1 Å². The van der Waals surface area contributed by atoms with Crippen molar-refractivity contribution in [1.82, 2.24) is 10.2 Å². The van der Waals surface area contributed by atoms with Crippen molar-refractivity contribution < 1.29 is 22.4 Å². The number of para-hydroxylation sites is 1. The molecule has 1 unspecified atom stereocenters. The second kappa shape index (κ2) is 13.6. The lowest BCUT2D eigenvalue weighted by molar-refractivity contribution is -0.140. The summed E-state index contributed by atoms with van der Waals surface area (Å²) in [5.74, 6) is -1.08. The van der Waals surface area contributed by atoms with Crippen LogP contribution in [0.2, 0.25) is 0 Å². The molecule has 0 bridgehead atoms. The Morgan fingerprint density at radius 2 is 1.55 bits per heavy atom. The number of nitrogens with zero attached hydrogens (tertiary/aromatic N) is 2. The van der Waals surface area contributed by atoms with Gasteiger partial charge in [-0.3, -0.25) is 13.9 Å². The monoisotopic (exact) mass is 567 g/mol. The maximum Gasteiger partial charge on any atom is 0.264 e. The number of aryl methyl sites for hydroxylation is 2. The van der Waals surface area contributed by atoms with Gasteiger partial charge in [0.2, 0.25) is 11.8 Å². The largest absolute Gasteiger partial charge is 0.354 e. The van der Waals surface area contributed by atoms with Gasteiger partial charge in [0.1, 0.15) is 18.4 Å². The summed E-state index contributed by atoms with van der Waals surface area (Å²) in [5.41, 5.74) is 2.57. The fraction of sp³-hybridized carbons (Fsp3) is 0.355. The molecule has 0 fully saturated rings. The van der Waals surface area contributed by atoms with E-state index in [1.54, 1.807) is 62.4 Å². The molecule has 9 heteroatoms. The average Bonchev–Trinajstić information content (AvgIpc) is 2.92. The number of carbonyl (C=O) groups is 2. The minimum absolute atomic E-state index is 0.0128. The van der Waals surface area contributed by atoms with Crippen molar-refractivity contribution in [3.8, 4) is 0 Å². The van der Waals surface area contributed by atoms with Crippen LogP contribution in [-0.4, -0.2) is 44.3 Å². The van der Waals surface area contributed by atoms with Crippen molar-refractivity contribution in [3.63, 3.8) is 0 Å². The average molecular weight is 568 g/mol. The molecule has 1 atom stereocenters. The molecule has 3 rings (SSSR count). The molecule has 0 aromatic heterocycles. The Balaban J connectivity index is 2.05. The number of rotatable bonds is 12. The highest BCUT2D eigenvalue weighted by molar-refractivity contribution is 7.92. The molecule has 0 aliphatic heterocycles. The highest BCUT2D eigenvalue weighted by atomic mass is 32.2. The van der Waals surface area contributed by atoms with Gasteiger partial charge in [0.25, 0.3) is 10.0 Å². The van der Waals surface area contributed by atoms with Gasteiger partial charge >= 0.3 is 0 Å². The zero-order valence-electron chi connectivity index (χ0n) is 23.7. The van der Waals surface area contributed by atoms with E-state index in [0.29, 0.717) is 29.8 Å². The normalized spacial score (nSPS) is 12.2. The minimum atomic E-state index is -4.14. The molecule has 0 aliphatic carbocycles. The van der Waals surface area contributed by atoms with E-state index >= 15 is 0 Å². The van der Waals surface area contributed by atoms with Gasteiger partial charge in [-0.1, -0.05) is 68.8 Å². The van der Waals surface area contributed by atoms with Crippen LogP contribution in [0.25, 0.3) is 0 Å². The Morgan fingerprint density at radius 1 is 0.925 bits per heavy atom. The van der Waals surface area contributed by atoms with Gasteiger partial charge in [-0.05, 0) is 67.6 Å². The summed E-state index contributed by atoms with van der Waals surface area (Å²) in [4.78, 5) is 28.7. The number of nitrogens with one attached hydrogen (secondary N) is 1. The number of hydrogen-bond donors (Lipinski definition) is 1.